The van der Waals surface area contributed by atoms with Crippen LogP contribution in [0.1, 0.15) is 11.1 Å². The monoisotopic (exact) mass is 398 g/mol. The van der Waals surface area contributed by atoms with Gasteiger partial charge in [0.05, 0.1) is 0 Å². The fourth-order valence-electron chi connectivity index (χ4n) is 3.16. The first-order valence-corrected chi connectivity index (χ1v) is 12.0. The third-order valence-electron chi connectivity index (χ3n) is 4.78. The molecule has 0 bridgehead atoms. The van der Waals surface area contributed by atoms with Gasteiger partial charge in [0.15, 0.2) is 0 Å². The molecule has 0 spiro atoms. The molecule has 4 aromatic rings. The van der Waals surface area contributed by atoms with Gasteiger partial charge in [-0.1, -0.05) is 126 Å². The lowest BCUT2D eigenvalue weighted by molar-refractivity contribution is 1.41. The van der Waals surface area contributed by atoms with Crippen molar-refractivity contribution < 1.29 is 0 Å². The van der Waals surface area contributed by atoms with E-state index in [0.717, 1.165) is 29.5 Å². The Morgan fingerprint density at radius 1 is 0.393 bits per heavy atom. The highest BCUT2D eigenvalue weighted by atomic mass is 31.1. The molecule has 0 aliphatic heterocycles. The fraction of sp³-hybridized carbons (Fsp3) is 0.0769. The van der Waals surface area contributed by atoms with Crippen molar-refractivity contribution in [2.75, 3.05) is 0 Å². The van der Waals surface area contributed by atoms with Crippen LogP contribution < -0.4 is 10.6 Å². The molecular formula is C26H24P2. The van der Waals surface area contributed by atoms with Crippen LogP contribution >= 0.6 is 17.2 Å². The molecule has 2 heteroatoms. The molecule has 2 unspecified atom stereocenters. The summed E-state index contributed by atoms with van der Waals surface area (Å²) in [5.74, 6) is 0. The van der Waals surface area contributed by atoms with Gasteiger partial charge in [-0.05, 0) is 45.2 Å². The maximum Gasteiger partial charge on any atom is -0.00602 e. The van der Waals surface area contributed by atoms with Crippen LogP contribution in [0, 0.1) is 0 Å². The van der Waals surface area contributed by atoms with Gasteiger partial charge in [-0.15, -0.1) is 0 Å². The van der Waals surface area contributed by atoms with Crippen LogP contribution in [-0.4, -0.2) is 0 Å². The predicted octanol–water partition coefficient (Wildman–Crippen LogP) is 6.36. The number of hydrogen-bond donors (Lipinski definition) is 0. The smallest absolute Gasteiger partial charge is 0.00602 e. The molecule has 0 saturated carbocycles. The zero-order chi connectivity index (χ0) is 19.0. The zero-order valence-electron chi connectivity index (χ0n) is 15.8. The normalized spacial score (nSPS) is 11.6. The summed E-state index contributed by atoms with van der Waals surface area (Å²) in [6.45, 7) is 0. The molecule has 0 N–H and O–H groups in total. The molecule has 0 radical (unpaired) electrons. The maximum atomic E-state index is 2.28. The Labute approximate surface area is 171 Å². The highest BCUT2D eigenvalue weighted by molar-refractivity contribution is 7.46. The van der Waals surface area contributed by atoms with E-state index in [4.69, 9.17) is 0 Å². The summed E-state index contributed by atoms with van der Waals surface area (Å²) < 4.78 is 0. The summed E-state index contributed by atoms with van der Waals surface area (Å²) >= 11 is 0. The molecule has 138 valence electrons. The zero-order valence-corrected chi connectivity index (χ0v) is 17.8. The van der Waals surface area contributed by atoms with Crippen LogP contribution in [0.2, 0.25) is 0 Å². The molecule has 0 aliphatic carbocycles. The lowest BCUT2D eigenvalue weighted by Crippen LogP contribution is -1.96. The molecule has 2 atom stereocenters. The van der Waals surface area contributed by atoms with Gasteiger partial charge in [-0.25, -0.2) is 0 Å². The minimum absolute atomic E-state index is 0.821. The molecule has 0 aromatic heterocycles. The van der Waals surface area contributed by atoms with E-state index >= 15 is 0 Å². The molecule has 4 rings (SSSR count). The van der Waals surface area contributed by atoms with E-state index in [9.17, 15) is 0 Å². The van der Waals surface area contributed by atoms with E-state index in [1.165, 1.54) is 32.9 Å². The minimum Gasteiger partial charge on any atom is -0.0859 e. The van der Waals surface area contributed by atoms with Crippen molar-refractivity contribution in [1.82, 2.24) is 0 Å². The van der Waals surface area contributed by atoms with Gasteiger partial charge in [0.2, 0.25) is 0 Å². The van der Waals surface area contributed by atoms with E-state index in [-0.39, 0.29) is 0 Å². The fourth-order valence-corrected chi connectivity index (χ4v) is 5.25. The van der Waals surface area contributed by atoms with Gasteiger partial charge in [-0.2, -0.15) is 0 Å². The maximum absolute atomic E-state index is 2.28. The van der Waals surface area contributed by atoms with E-state index in [1.54, 1.807) is 0 Å². The van der Waals surface area contributed by atoms with Crippen molar-refractivity contribution in [3.63, 3.8) is 0 Å². The molecule has 0 fully saturated rings. The van der Waals surface area contributed by atoms with Gasteiger partial charge >= 0.3 is 0 Å². The van der Waals surface area contributed by atoms with Crippen LogP contribution in [-0.2, 0) is 12.3 Å². The molecule has 0 saturated heterocycles. The Kier molecular flexibility index (Phi) is 6.67. The molecule has 4 aromatic carbocycles. The first kappa shape index (κ1) is 19.1. The van der Waals surface area contributed by atoms with Crippen LogP contribution in [0.25, 0.3) is 11.1 Å². The molecular weight excluding hydrogens is 374 g/mol. The Balaban J connectivity index is 1.34. The van der Waals surface area contributed by atoms with Crippen molar-refractivity contribution in [3.8, 4) is 11.1 Å². The molecule has 0 aliphatic rings. The first-order valence-electron chi connectivity index (χ1n) is 9.63. The van der Waals surface area contributed by atoms with Crippen molar-refractivity contribution in [3.05, 3.63) is 120 Å². The van der Waals surface area contributed by atoms with Gasteiger partial charge in [0.1, 0.15) is 0 Å². The first-order chi connectivity index (χ1) is 13.9. The van der Waals surface area contributed by atoms with Crippen molar-refractivity contribution >= 4 is 27.8 Å². The summed E-state index contributed by atoms with van der Waals surface area (Å²) in [4.78, 5) is 0. The highest BCUT2D eigenvalue weighted by Crippen LogP contribution is 2.24. The molecule has 0 nitrogen and oxygen atoms in total. The molecule has 28 heavy (non-hydrogen) atoms. The standard InChI is InChI=1S/C26H24P2/c1-3-7-21(8-4-1)19-27-25-15-11-23(12-16-25)24-13-17-26(18-14-24)28-20-22-9-5-2-6-10-22/h1-18,27-28H,19-20H2. The van der Waals surface area contributed by atoms with E-state index < -0.39 is 0 Å². The Hall–Kier alpha value is -2.26. The number of hydrogen-bond acceptors (Lipinski definition) is 0. The van der Waals surface area contributed by atoms with Gasteiger partial charge in [-0.3, -0.25) is 0 Å². The summed E-state index contributed by atoms with van der Waals surface area (Å²) in [5, 5.41) is 2.85. The SMILES string of the molecule is c1ccc(CPc2ccc(-c3ccc(PCc4ccccc4)cc3)cc2)cc1. The topological polar surface area (TPSA) is 0 Å². The lowest BCUT2D eigenvalue weighted by Gasteiger charge is -2.07. The average Bonchev–Trinajstić information content (AvgIpc) is 2.78. The second kappa shape index (κ2) is 9.79. The number of rotatable bonds is 7. The van der Waals surface area contributed by atoms with Crippen molar-refractivity contribution in [1.29, 1.82) is 0 Å². The van der Waals surface area contributed by atoms with Crippen LogP contribution in [0.5, 0.6) is 0 Å². The van der Waals surface area contributed by atoms with E-state index in [1.807, 2.05) is 0 Å². The summed E-state index contributed by atoms with van der Waals surface area (Å²) in [5.41, 5.74) is 5.42. The predicted molar refractivity (Wildman–Crippen MR) is 128 cm³/mol. The summed E-state index contributed by atoms with van der Waals surface area (Å²) in [7, 11) is 1.64. The van der Waals surface area contributed by atoms with Gasteiger partial charge < -0.3 is 0 Å². The van der Waals surface area contributed by atoms with Gasteiger partial charge in [0, 0.05) is 0 Å². The van der Waals surface area contributed by atoms with Crippen LogP contribution in [0.4, 0.5) is 0 Å². The highest BCUT2D eigenvalue weighted by Gasteiger charge is 2.01. The molecule has 0 heterocycles. The minimum atomic E-state index is 0.821. The Morgan fingerprint density at radius 2 is 0.750 bits per heavy atom. The van der Waals surface area contributed by atoms with Gasteiger partial charge in [0.25, 0.3) is 0 Å². The van der Waals surface area contributed by atoms with Crippen LogP contribution in [0.15, 0.2) is 109 Å². The number of benzene rings is 4. The summed E-state index contributed by atoms with van der Waals surface area (Å²) in [6, 6.07) is 39.6. The van der Waals surface area contributed by atoms with Crippen LogP contribution in [0.3, 0.4) is 0 Å². The van der Waals surface area contributed by atoms with E-state index in [0.29, 0.717) is 0 Å². The van der Waals surface area contributed by atoms with Crippen molar-refractivity contribution in [2.24, 2.45) is 0 Å². The third-order valence-corrected chi connectivity index (χ3v) is 7.44. The largest absolute Gasteiger partial charge is 0.0859 e. The average molecular weight is 398 g/mol. The van der Waals surface area contributed by atoms with Crippen molar-refractivity contribution in [2.45, 2.75) is 12.3 Å². The quantitative estimate of drug-likeness (QED) is 0.318. The van der Waals surface area contributed by atoms with E-state index in [2.05, 4.69) is 109 Å². The summed E-state index contributed by atoms with van der Waals surface area (Å²) in [6.07, 6.45) is 2.24. The second-order valence-electron chi connectivity index (χ2n) is 6.83. The Bertz CT molecular complexity index is 891. The lowest BCUT2D eigenvalue weighted by atomic mass is 10.1. The second-order valence-corrected chi connectivity index (χ2v) is 9.40. The molecule has 0 amide bonds. The third kappa shape index (κ3) is 5.39. The Morgan fingerprint density at radius 3 is 1.11 bits per heavy atom.